The van der Waals surface area contributed by atoms with Crippen LogP contribution in [0.3, 0.4) is 0 Å². The van der Waals surface area contributed by atoms with E-state index in [9.17, 15) is 26.3 Å². The molecule has 5 rings (SSSR count). The summed E-state index contributed by atoms with van der Waals surface area (Å²) in [7, 11) is 0. The van der Waals surface area contributed by atoms with E-state index in [1.807, 2.05) is 6.92 Å². The molecule has 2 fully saturated rings. The van der Waals surface area contributed by atoms with E-state index < -0.39 is 46.7 Å². The Morgan fingerprint density at radius 3 is 1.87 bits per heavy atom. The molecule has 0 atom stereocenters. The summed E-state index contributed by atoms with van der Waals surface area (Å²) in [6.45, 7) is 1.85. The van der Waals surface area contributed by atoms with Crippen molar-refractivity contribution in [1.29, 1.82) is 0 Å². The number of benzene rings is 3. The Hall–Kier alpha value is -3.36. The molecule has 2 aliphatic rings. The van der Waals surface area contributed by atoms with E-state index in [2.05, 4.69) is 0 Å². The summed E-state index contributed by atoms with van der Waals surface area (Å²) in [5.74, 6) is -6.20. The molecular weight excluding hydrogens is 624 g/mol. The summed E-state index contributed by atoms with van der Waals surface area (Å²) in [5, 5.41) is 0. The molecule has 3 aromatic rings. The number of halogens is 8. The van der Waals surface area contributed by atoms with Gasteiger partial charge in [-0.1, -0.05) is 38.3 Å². The molecule has 0 N–H and O–H groups in total. The fourth-order valence-corrected chi connectivity index (χ4v) is 7.40. The maximum absolute atomic E-state index is 15.1. The van der Waals surface area contributed by atoms with Crippen LogP contribution in [-0.2, 0) is 11.2 Å². The zero-order valence-corrected chi connectivity index (χ0v) is 26.5. The predicted octanol–water partition coefficient (Wildman–Crippen LogP) is 12.3. The molecule has 2 saturated carbocycles. The second-order valence-electron chi connectivity index (χ2n) is 13.1. The van der Waals surface area contributed by atoms with Crippen molar-refractivity contribution in [3.05, 3.63) is 100 Å². The van der Waals surface area contributed by atoms with Crippen LogP contribution in [0.4, 0.5) is 35.1 Å². The van der Waals surface area contributed by atoms with Crippen molar-refractivity contribution in [3.8, 4) is 11.1 Å². The van der Waals surface area contributed by atoms with E-state index in [0.29, 0.717) is 36.2 Å². The van der Waals surface area contributed by atoms with E-state index in [0.717, 1.165) is 100 Å². The summed E-state index contributed by atoms with van der Waals surface area (Å²) < 4.78 is 119. The fraction of sp³-hybridized carbons (Fsp3) is 0.474. The zero-order chi connectivity index (χ0) is 33.7. The molecule has 0 aromatic heterocycles. The molecule has 0 heterocycles. The lowest BCUT2D eigenvalue weighted by Crippen LogP contribution is -2.25. The van der Waals surface area contributed by atoms with Gasteiger partial charge in [0.15, 0.2) is 17.5 Å². The van der Waals surface area contributed by atoms with Crippen molar-refractivity contribution in [3.63, 3.8) is 0 Å². The molecule has 2 aliphatic carbocycles. The summed E-state index contributed by atoms with van der Waals surface area (Å²) in [4.78, 5) is 0. The highest BCUT2D eigenvalue weighted by Gasteiger charge is 2.32. The van der Waals surface area contributed by atoms with Crippen LogP contribution in [0.25, 0.3) is 17.0 Å². The standard InChI is InChI=1S/C38H40F8O/c1-2-3-16-47-38(46)36(44)26-13-15-29(31(39)17-26)28-20-32(40)30(33(41)21-28)14-6-22-4-7-23(8-5-22)24-9-11-25(12-10-24)27-18-34(42)37(45)35(43)19-27/h13,15,17-25H,2-12,14,16H2,1H3/b38-36-. The first-order valence-corrected chi connectivity index (χ1v) is 16.7. The molecule has 0 unspecified atom stereocenters. The van der Waals surface area contributed by atoms with Crippen LogP contribution in [0.5, 0.6) is 0 Å². The number of unbranched alkanes of at least 4 members (excludes halogenated alkanes) is 1. The van der Waals surface area contributed by atoms with E-state index in [1.165, 1.54) is 0 Å². The predicted molar refractivity (Wildman–Crippen MR) is 167 cm³/mol. The number of hydrogen-bond acceptors (Lipinski definition) is 1. The summed E-state index contributed by atoms with van der Waals surface area (Å²) >= 11 is 0. The van der Waals surface area contributed by atoms with Gasteiger partial charge in [0.1, 0.15) is 17.5 Å². The molecule has 1 nitrogen and oxygen atoms in total. The number of ether oxygens (including phenoxy) is 1. The van der Waals surface area contributed by atoms with Crippen LogP contribution < -0.4 is 0 Å². The largest absolute Gasteiger partial charge is 0.469 e. The SMILES string of the molecule is CCCCO/C(F)=C(\F)c1ccc(-c2cc(F)c(CCC3CCC(C4CCC(c5cc(F)c(F)c(F)c5)CC4)CC3)c(F)c2)c(F)c1. The highest BCUT2D eigenvalue weighted by molar-refractivity contribution is 5.69. The maximum Gasteiger partial charge on any atom is 0.309 e. The lowest BCUT2D eigenvalue weighted by atomic mass is 9.68. The van der Waals surface area contributed by atoms with Crippen molar-refractivity contribution in [2.75, 3.05) is 6.61 Å². The van der Waals surface area contributed by atoms with Crippen LogP contribution in [0.1, 0.15) is 100 Å². The molecule has 0 amide bonds. The van der Waals surface area contributed by atoms with Gasteiger partial charge in [0.05, 0.1) is 6.61 Å². The molecule has 3 aromatic carbocycles. The van der Waals surface area contributed by atoms with E-state index >= 15 is 8.78 Å². The van der Waals surface area contributed by atoms with Gasteiger partial charge in [-0.2, -0.15) is 8.78 Å². The third-order valence-electron chi connectivity index (χ3n) is 10.2. The van der Waals surface area contributed by atoms with E-state index in [1.54, 1.807) is 0 Å². The summed E-state index contributed by atoms with van der Waals surface area (Å²) in [5.41, 5.74) is -0.0919. The Morgan fingerprint density at radius 2 is 1.30 bits per heavy atom. The zero-order valence-electron chi connectivity index (χ0n) is 26.5. The fourth-order valence-electron chi connectivity index (χ4n) is 7.40. The van der Waals surface area contributed by atoms with Gasteiger partial charge in [0.25, 0.3) is 0 Å². The van der Waals surface area contributed by atoms with Gasteiger partial charge < -0.3 is 4.74 Å². The highest BCUT2D eigenvalue weighted by atomic mass is 19.2. The molecular formula is C38H40F8O. The Bertz CT molecular complexity index is 1520. The first kappa shape index (κ1) is 35.0. The molecule has 9 heteroatoms. The second kappa shape index (κ2) is 15.7. The minimum Gasteiger partial charge on any atom is -0.469 e. The van der Waals surface area contributed by atoms with Crippen LogP contribution in [0.15, 0.2) is 48.5 Å². The number of rotatable bonds is 11. The number of hydrogen-bond donors (Lipinski definition) is 0. The average molecular weight is 665 g/mol. The van der Waals surface area contributed by atoms with Crippen molar-refractivity contribution < 1.29 is 39.9 Å². The topological polar surface area (TPSA) is 9.23 Å². The maximum atomic E-state index is 15.1. The lowest BCUT2D eigenvalue weighted by molar-refractivity contribution is 0.141. The monoisotopic (exact) mass is 664 g/mol. The minimum atomic E-state index is -1.44. The molecule has 0 bridgehead atoms. The van der Waals surface area contributed by atoms with Gasteiger partial charge >= 0.3 is 6.01 Å². The van der Waals surface area contributed by atoms with Crippen LogP contribution >= 0.6 is 0 Å². The van der Waals surface area contributed by atoms with E-state index in [4.69, 9.17) is 4.74 Å². The van der Waals surface area contributed by atoms with Crippen molar-refractivity contribution in [1.82, 2.24) is 0 Å². The van der Waals surface area contributed by atoms with Crippen LogP contribution in [0.2, 0.25) is 0 Å². The van der Waals surface area contributed by atoms with Gasteiger partial charge in [0.2, 0.25) is 5.83 Å². The van der Waals surface area contributed by atoms with Gasteiger partial charge in [-0.3, -0.25) is 0 Å². The van der Waals surface area contributed by atoms with Crippen LogP contribution in [0, 0.1) is 52.7 Å². The molecule has 254 valence electrons. The molecule has 47 heavy (non-hydrogen) atoms. The van der Waals surface area contributed by atoms with Crippen molar-refractivity contribution in [2.45, 2.75) is 89.9 Å². The highest BCUT2D eigenvalue weighted by Crippen LogP contribution is 2.45. The lowest BCUT2D eigenvalue weighted by Gasteiger charge is -2.38. The first-order chi connectivity index (χ1) is 22.5. The normalized spacial score (nSPS) is 22.2. The van der Waals surface area contributed by atoms with Crippen molar-refractivity contribution in [2.24, 2.45) is 17.8 Å². The quantitative estimate of drug-likeness (QED) is 0.0858. The third kappa shape index (κ3) is 8.39. The average Bonchev–Trinajstić information content (AvgIpc) is 3.06. The molecule has 0 radical (unpaired) electrons. The van der Waals surface area contributed by atoms with Gasteiger partial charge in [-0.15, -0.1) is 0 Å². The Kier molecular flexibility index (Phi) is 11.7. The Labute approximate surface area is 271 Å². The van der Waals surface area contributed by atoms with Gasteiger partial charge in [-0.05, 0) is 123 Å². The third-order valence-corrected chi connectivity index (χ3v) is 10.2. The molecule has 0 aliphatic heterocycles. The van der Waals surface area contributed by atoms with Gasteiger partial charge in [0, 0.05) is 16.7 Å². The smallest absolute Gasteiger partial charge is 0.309 e. The summed E-state index contributed by atoms with van der Waals surface area (Å²) in [6, 6.07) is 5.98. The van der Waals surface area contributed by atoms with E-state index in [-0.39, 0.29) is 41.2 Å². The minimum absolute atomic E-state index is 0.0138. The van der Waals surface area contributed by atoms with Crippen LogP contribution in [-0.4, -0.2) is 6.61 Å². The molecule has 0 spiro atoms. The van der Waals surface area contributed by atoms with Crippen molar-refractivity contribution >= 4 is 5.83 Å². The summed E-state index contributed by atoms with van der Waals surface area (Å²) in [6.07, 6.45) is 9.52. The Morgan fingerprint density at radius 1 is 0.702 bits per heavy atom. The van der Waals surface area contributed by atoms with Gasteiger partial charge in [-0.25, -0.2) is 26.3 Å². The second-order valence-corrected chi connectivity index (χ2v) is 13.1. The Balaban J connectivity index is 1.12. The molecule has 0 saturated heterocycles. The first-order valence-electron chi connectivity index (χ1n) is 16.7.